The van der Waals surface area contributed by atoms with E-state index >= 15 is 0 Å². The van der Waals surface area contributed by atoms with Crippen molar-refractivity contribution in [1.82, 2.24) is 5.32 Å². The van der Waals surface area contributed by atoms with E-state index in [-0.39, 0.29) is 6.10 Å². The minimum atomic E-state index is -0.470. The Morgan fingerprint density at radius 3 is 2.94 bits per heavy atom. The number of nitrogens with zero attached hydrogens (tertiary/aromatic N) is 1. The van der Waals surface area contributed by atoms with Crippen LogP contribution in [0.4, 0.5) is 0 Å². The highest BCUT2D eigenvalue weighted by molar-refractivity contribution is 5.03. The average molecular weight is 240 g/mol. The lowest BCUT2D eigenvalue weighted by atomic mass is 10.0. The second kappa shape index (κ2) is 7.65. The average Bonchev–Trinajstić information content (AvgIpc) is 2.36. The normalized spacial score (nSPS) is 23.9. The molecule has 98 valence electrons. The summed E-state index contributed by atoms with van der Waals surface area (Å²) in [5, 5.41) is 12.2. The molecule has 0 bridgehead atoms. The van der Waals surface area contributed by atoms with Crippen LogP contribution < -0.4 is 5.32 Å². The zero-order valence-electron chi connectivity index (χ0n) is 11.0. The van der Waals surface area contributed by atoms with Gasteiger partial charge in [0.2, 0.25) is 0 Å². The van der Waals surface area contributed by atoms with Gasteiger partial charge >= 0.3 is 0 Å². The number of rotatable bonds is 7. The van der Waals surface area contributed by atoms with Crippen molar-refractivity contribution in [1.29, 1.82) is 5.26 Å². The van der Waals surface area contributed by atoms with Gasteiger partial charge in [-0.05, 0) is 32.7 Å². The van der Waals surface area contributed by atoms with Gasteiger partial charge in [0.15, 0.2) is 0 Å². The number of hydrogen-bond acceptors (Lipinski definition) is 4. The maximum absolute atomic E-state index is 9.07. The maximum atomic E-state index is 9.07. The lowest BCUT2D eigenvalue weighted by Gasteiger charge is -2.25. The van der Waals surface area contributed by atoms with Crippen LogP contribution in [0.2, 0.25) is 0 Å². The molecule has 0 aliphatic carbocycles. The molecule has 1 heterocycles. The van der Waals surface area contributed by atoms with Gasteiger partial charge in [-0.15, -0.1) is 0 Å². The molecule has 1 rings (SSSR count). The fraction of sp³-hybridized carbons (Fsp3) is 0.923. The van der Waals surface area contributed by atoms with Crippen LogP contribution >= 0.6 is 0 Å². The molecule has 0 aromatic heterocycles. The van der Waals surface area contributed by atoms with Crippen molar-refractivity contribution < 1.29 is 9.47 Å². The van der Waals surface area contributed by atoms with Gasteiger partial charge in [0.05, 0.1) is 18.8 Å². The maximum Gasteiger partial charge on any atom is 0.106 e. The van der Waals surface area contributed by atoms with Crippen LogP contribution in [0, 0.1) is 11.3 Å². The summed E-state index contributed by atoms with van der Waals surface area (Å²) in [7, 11) is 0. The number of nitrogens with one attached hydrogen (secondary N) is 1. The molecule has 0 spiro atoms. The summed E-state index contributed by atoms with van der Waals surface area (Å²) in [5.41, 5.74) is -0.470. The standard InChI is InChI=1S/C13H24N2O2/c1-3-15-13(2,11-14)7-9-16-10-12-6-4-5-8-17-12/h12,15H,3-10H2,1-2H3. The van der Waals surface area contributed by atoms with Crippen molar-refractivity contribution in [2.45, 2.75) is 51.2 Å². The molecule has 0 aromatic rings. The predicted octanol–water partition coefficient (Wildman–Crippen LogP) is 1.85. The Kier molecular flexibility index (Phi) is 6.49. The quantitative estimate of drug-likeness (QED) is 0.690. The van der Waals surface area contributed by atoms with Gasteiger partial charge in [-0.3, -0.25) is 5.32 Å². The van der Waals surface area contributed by atoms with Crippen LogP contribution in [0.25, 0.3) is 0 Å². The van der Waals surface area contributed by atoms with Crippen molar-refractivity contribution in [2.24, 2.45) is 0 Å². The van der Waals surface area contributed by atoms with Crippen LogP contribution in [0.3, 0.4) is 0 Å². The van der Waals surface area contributed by atoms with E-state index in [1.807, 2.05) is 13.8 Å². The fourth-order valence-corrected chi connectivity index (χ4v) is 2.00. The summed E-state index contributed by atoms with van der Waals surface area (Å²) in [6, 6.07) is 2.30. The molecular formula is C13H24N2O2. The fourth-order valence-electron chi connectivity index (χ4n) is 2.00. The van der Waals surface area contributed by atoms with Crippen molar-refractivity contribution in [3.8, 4) is 6.07 Å². The monoisotopic (exact) mass is 240 g/mol. The number of ether oxygens (including phenoxy) is 2. The third-order valence-corrected chi connectivity index (χ3v) is 3.14. The van der Waals surface area contributed by atoms with E-state index in [1.165, 1.54) is 12.8 Å². The Hall–Kier alpha value is -0.630. The second-order valence-corrected chi connectivity index (χ2v) is 4.79. The van der Waals surface area contributed by atoms with Crippen LogP contribution in [0.15, 0.2) is 0 Å². The van der Waals surface area contributed by atoms with E-state index in [1.54, 1.807) is 0 Å². The minimum absolute atomic E-state index is 0.260. The molecule has 1 aliphatic heterocycles. The molecule has 1 aliphatic rings. The molecule has 0 radical (unpaired) electrons. The van der Waals surface area contributed by atoms with Crippen molar-refractivity contribution in [2.75, 3.05) is 26.4 Å². The third-order valence-electron chi connectivity index (χ3n) is 3.14. The van der Waals surface area contributed by atoms with E-state index in [2.05, 4.69) is 11.4 Å². The highest BCUT2D eigenvalue weighted by Gasteiger charge is 2.22. The molecule has 0 saturated carbocycles. The molecule has 1 fully saturated rings. The van der Waals surface area contributed by atoms with Crippen LogP contribution in [0.5, 0.6) is 0 Å². The van der Waals surface area contributed by atoms with E-state index in [9.17, 15) is 0 Å². The Morgan fingerprint density at radius 1 is 1.53 bits per heavy atom. The van der Waals surface area contributed by atoms with Crippen molar-refractivity contribution in [3.05, 3.63) is 0 Å². The molecule has 2 unspecified atom stereocenters. The molecule has 4 nitrogen and oxygen atoms in total. The van der Waals surface area contributed by atoms with Gasteiger partial charge in [0.25, 0.3) is 0 Å². The summed E-state index contributed by atoms with van der Waals surface area (Å²) in [6.45, 7) is 6.85. The lowest BCUT2D eigenvalue weighted by molar-refractivity contribution is -0.0425. The first-order chi connectivity index (χ1) is 8.20. The number of nitriles is 1. The summed E-state index contributed by atoms with van der Waals surface area (Å²) >= 11 is 0. The molecular weight excluding hydrogens is 216 g/mol. The Labute approximate surface area is 104 Å². The molecule has 0 amide bonds. The summed E-state index contributed by atoms with van der Waals surface area (Å²) in [5.74, 6) is 0. The van der Waals surface area contributed by atoms with Gasteiger partial charge < -0.3 is 9.47 Å². The first-order valence-corrected chi connectivity index (χ1v) is 6.56. The van der Waals surface area contributed by atoms with Gasteiger partial charge in [-0.25, -0.2) is 0 Å². The minimum Gasteiger partial charge on any atom is -0.379 e. The van der Waals surface area contributed by atoms with E-state index in [0.717, 1.165) is 19.6 Å². The van der Waals surface area contributed by atoms with Gasteiger partial charge in [0.1, 0.15) is 5.54 Å². The van der Waals surface area contributed by atoms with E-state index < -0.39 is 5.54 Å². The van der Waals surface area contributed by atoms with E-state index in [4.69, 9.17) is 14.7 Å². The first kappa shape index (κ1) is 14.4. The molecule has 1 N–H and O–H groups in total. The van der Waals surface area contributed by atoms with Crippen LogP contribution in [0.1, 0.15) is 39.5 Å². The molecule has 17 heavy (non-hydrogen) atoms. The third kappa shape index (κ3) is 5.49. The molecule has 1 saturated heterocycles. The van der Waals surface area contributed by atoms with Gasteiger partial charge in [0, 0.05) is 19.6 Å². The number of hydrogen-bond donors (Lipinski definition) is 1. The summed E-state index contributed by atoms with van der Waals surface area (Å²) < 4.78 is 11.2. The van der Waals surface area contributed by atoms with Gasteiger partial charge in [-0.1, -0.05) is 6.92 Å². The lowest BCUT2D eigenvalue weighted by Crippen LogP contribution is -2.42. The molecule has 2 atom stereocenters. The van der Waals surface area contributed by atoms with Crippen molar-refractivity contribution in [3.63, 3.8) is 0 Å². The molecule has 0 aromatic carbocycles. The topological polar surface area (TPSA) is 54.3 Å². The van der Waals surface area contributed by atoms with Gasteiger partial charge in [-0.2, -0.15) is 5.26 Å². The summed E-state index contributed by atoms with van der Waals surface area (Å²) in [6.07, 6.45) is 4.48. The Bertz CT molecular complexity index is 246. The zero-order chi connectivity index (χ0) is 12.6. The first-order valence-electron chi connectivity index (χ1n) is 6.56. The highest BCUT2D eigenvalue weighted by Crippen LogP contribution is 2.13. The summed E-state index contributed by atoms with van der Waals surface area (Å²) in [4.78, 5) is 0. The predicted molar refractivity (Wildman–Crippen MR) is 66.7 cm³/mol. The second-order valence-electron chi connectivity index (χ2n) is 4.79. The molecule has 4 heteroatoms. The largest absolute Gasteiger partial charge is 0.379 e. The van der Waals surface area contributed by atoms with E-state index in [0.29, 0.717) is 19.6 Å². The van der Waals surface area contributed by atoms with Crippen LogP contribution in [-0.2, 0) is 9.47 Å². The van der Waals surface area contributed by atoms with Crippen LogP contribution in [-0.4, -0.2) is 38.0 Å². The highest BCUT2D eigenvalue weighted by atomic mass is 16.5. The smallest absolute Gasteiger partial charge is 0.106 e. The Morgan fingerprint density at radius 2 is 2.35 bits per heavy atom. The Balaban J connectivity index is 2.12. The zero-order valence-corrected chi connectivity index (χ0v) is 11.0. The SMILES string of the molecule is CCNC(C)(C#N)CCOCC1CCCCO1. The van der Waals surface area contributed by atoms with Crippen molar-refractivity contribution >= 4 is 0 Å².